The average Bonchev–Trinajstić information content (AvgIpc) is 3.08. The van der Waals surface area contributed by atoms with Crippen LogP contribution in [-0.2, 0) is 47.6 Å². The second-order valence-electron chi connectivity index (χ2n) is 7.58. The van der Waals surface area contributed by atoms with Crippen molar-refractivity contribution in [1.29, 1.82) is 0 Å². The molecule has 0 unspecified atom stereocenters. The highest BCUT2D eigenvalue weighted by Gasteiger charge is 2.52. The van der Waals surface area contributed by atoms with Crippen molar-refractivity contribution in [2.45, 2.75) is 75.1 Å². The molecular weight excluding hydrogens is 446 g/mol. The Morgan fingerprint density at radius 2 is 1.66 bits per heavy atom. The van der Waals surface area contributed by atoms with Crippen LogP contribution in [0.25, 0.3) is 0 Å². The Bertz CT molecular complexity index is 773. The smallest absolute Gasteiger partial charge is 0.303 e. The Morgan fingerprint density at radius 1 is 0.969 bits per heavy atom. The lowest BCUT2D eigenvalue weighted by Crippen LogP contribution is -2.65. The fraction of sp³-hybridized carbons (Fsp3) is 0.700. The highest BCUT2D eigenvalue weighted by atomic mass is 32.2. The van der Waals surface area contributed by atoms with Crippen LogP contribution in [0.5, 0.6) is 0 Å². The molecule has 0 aliphatic carbocycles. The fourth-order valence-electron chi connectivity index (χ4n) is 3.73. The third-order valence-corrected chi connectivity index (χ3v) is 6.37. The molecule has 0 spiro atoms. The average molecular weight is 474 g/mol. The van der Waals surface area contributed by atoms with E-state index in [2.05, 4.69) is 5.32 Å². The summed E-state index contributed by atoms with van der Waals surface area (Å²) < 4.78 is 33.4. The van der Waals surface area contributed by atoms with Gasteiger partial charge in [0.15, 0.2) is 18.5 Å². The molecule has 3 aliphatic rings. The van der Waals surface area contributed by atoms with E-state index >= 15 is 0 Å². The van der Waals surface area contributed by atoms with Gasteiger partial charge in [-0.15, -0.1) is 11.8 Å². The van der Waals surface area contributed by atoms with Gasteiger partial charge in [-0.1, -0.05) is 6.08 Å². The van der Waals surface area contributed by atoms with E-state index < -0.39 is 47.7 Å². The molecule has 11 nitrogen and oxygen atoms in total. The maximum Gasteiger partial charge on any atom is 0.303 e. The van der Waals surface area contributed by atoms with Gasteiger partial charge in [-0.25, -0.2) is 0 Å². The Morgan fingerprint density at radius 3 is 2.28 bits per heavy atom. The minimum atomic E-state index is -1.11. The molecule has 0 aromatic rings. The third-order valence-electron chi connectivity index (χ3n) is 4.92. The molecule has 2 saturated heterocycles. The highest BCUT2D eigenvalue weighted by molar-refractivity contribution is 8.00. The van der Waals surface area contributed by atoms with Crippen LogP contribution in [0.1, 0.15) is 27.7 Å². The summed E-state index contributed by atoms with van der Waals surface area (Å²) in [6, 6.07) is -0.854. The van der Waals surface area contributed by atoms with E-state index in [1.165, 1.54) is 39.5 Å². The summed E-state index contributed by atoms with van der Waals surface area (Å²) >= 11 is 1.34. The molecule has 1 N–H and O–H groups in total. The second kappa shape index (κ2) is 10.6. The maximum atomic E-state index is 12.0. The summed E-state index contributed by atoms with van der Waals surface area (Å²) in [5, 5.41) is 2.58. The van der Waals surface area contributed by atoms with E-state index in [4.69, 9.17) is 28.4 Å². The van der Waals surface area contributed by atoms with Crippen molar-refractivity contribution in [3.63, 3.8) is 0 Å². The van der Waals surface area contributed by atoms with Crippen molar-refractivity contribution < 1.29 is 47.6 Å². The number of fused-ring (bicyclic) bond motifs is 2. The highest BCUT2D eigenvalue weighted by Crippen LogP contribution is 2.38. The normalized spacial score (nSPS) is 35.6. The van der Waals surface area contributed by atoms with Gasteiger partial charge >= 0.3 is 17.9 Å². The number of amides is 1. The summed E-state index contributed by atoms with van der Waals surface area (Å²) in [5.74, 6) is -2.22. The number of thioether (sulfide) groups is 1. The van der Waals surface area contributed by atoms with Crippen molar-refractivity contribution >= 4 is 35.6 Å². The third kappa shape index (κ3) is 6.21. The number of nitrogens with one attached hydrogen (secondary N) is 1. The first-order chi connectivity index (χ1) is 15.1. The zero-order chi connectivity index (χ0) is 23.4. The van der Waals surface area contributed by atoms with Crippen LogP contribution in [0, 0.1) is 0 Å². The molecule has 3 aliphatic heterocycles. The van der Waals surface area contributed by atoms with Gasteiger partial charge in [0, 0.05) is 27.7 Å². The quantitative estimate of drug-likeness (QED) is 0.305. The molecule has 0 radical (unpaired) electrons. The number of ether oxygens (including phenoxy) is 6. The van der Waals surface area contributed by atoms with Gasteiger partial charge in [-0.3, -0.25) is 19.2 Å². The molecule has 3 heterocycles. The molecule has 3 rings (SSSR count). The number of hydrogen-bond acceptors (Lipinski definition) is 11. The van der Waals surface area contributed by atoms with Gasteiger partial charge in [0.1, 0.15) is 24.2 Å². The predicted molar refractivity (Wildman–Crippen MR) is 109 cm³/mol. The van der Waals surface area contributed by atoms with Crippen molar-refractivity contribution in [2.24, 2.45) is 0 Å². The van der Waals surface area contributed by atoms with Gasteiger partial charge in [0.2, 0.25) is 5.91 Å². The van der Waals surface area contributed by atoms with E-state index in [-0.39, 0.29) is 30.2 Å². The monoisotopic (exact) mass is 473 g/mol. The van der Waals surface area contributed by atoms with Crippen molar-refractivity contribution in [1.82, 2.24) is 5.32 Å². The van der Waals surface area contributed by atoms with Crippen molar-refractivity contribution in [3.8, 4) is 0 Å². The number of rotatable bonds is 7. The molecule has 1 amide bonds. The van der Waals surface area contributed by atoms with Gasteiger partial charge in [-0.2, -0.15) is 0 Å². The Balaban J connectivity index is 1.91. The minimum absolute atomic E-state index is 0.173. The lowest BCUT2D eigenvalue weighted by atomic mass is 9.97. The molecule has 0 aromatic carbocycles. The standard InChI is InChI=1S/C20H27NO10S/c1-9(22)21-17-19(29-12(4)25)18(28-11(3)24)14(8-26-10(2)23)31-20(17)32-15-5-6-16-27-7-13(15)30-16/h5-6,13-20H,7-8H2,1-4H3,(H,21,22)/t13-,14-,15+,16-,17-,18-,19-,20+/m1/s1. The van der Waals surface area contributed by atoms with E-state index in [1.807, 2.05) is 6.08 Å². The molecule has 12 heteroatoms. The summed E-state index contributed by atoms with van der Waals surface area (Å²) in [7, 11) is 0. The maximum absolute atomic E-state index is 12.0. The van der Waals surface area contributed by atoms with E-state index in [9.17, 15) is 19.2 Å². The second-order valence-corrected chi connectivity index (χ2v) is 8.86. The molecular formula is C20H27NO10S. The van der Waals surface area contributed by atoms with Gasteiger partial charge < -0.3 is 33.7 Å². The molecule has 0 saturated carbocycles. The van der Waals surface area contributed by atoms with Crippen LogP contribution in [0.4, 0.5) is 0 Å². The largest absolute Gasteiger partial charge is 0.463 e. The van der Waals surface area contributed by atoms with E-state index in [0.717, 1.165) is 0 Å². The lowest BCUT2D eigenvalue weighted by Gasteiger charge is -2.46. The number of hydrogen-bond donors (Lipinski definition) is 1. The van der Waals surface area contributed by atoms with E-state index in [0.29, 0.717) is 6.61 Å². The summed E-state index contributed by atoms with van der Waals surface area (Å²) in [4.78, 5) is 47.1. The Hall–Kier alpha value is -2.15. The fourth-order valence-corrected chi connectivity index (χ4v) is 5.14. The van der Waals surface area contributed by atoms with Crippen LogP contribution in [0.15, 0.2) is 12.2 Å². The van der Waals surface area contributed by atoms with Gasteiger partial charge in [0.25, 0.3) is 0 Å². The Labute approximate surface area is 189 Å². The van der Waals surface area contributed by atoms with Gasteiger partial charge in [-0.05, 0) is 6.08 Å². The Kier molecular flexibility index (Phi) is 8.15. The first-order valence-corrected chi connectivity index (χ1v) is 11.1. The molecule has 2 fully saturated rings. The molecule has 32 heavy (non-hydrogen) atoms. The minimum Gasteiger partial charge on any atom is -0.463 e. The first kappa shape index (κ1) is 24.5. The van der Waals surface area contributed by atoms with Crippen molar-refractivity contribution in [3.05, 3.63) is 12.2 Å². The van der Waals surface area contributed by atoms with Crippen molar-refractivity contribution in [2.75, 3.05) is 13.2 Å². The molecule has 178 valence electrons. The lowest BCUT2D eigenvalue weighted by molar-refractivity contribution is -0.211. The number of esters is 3. The summed E-state index contributed by atoms with van der Waals surface area (Å²) in [6.07, 6.45) is 0.00524. The van der Waals surface area contributed by atoms with E-state index in [1.54, 1.807) is 6.08 Å². The predicted octanol–water partition coefficient (Wildman–Crippen LogP) is 0.0556. The molecule has 2 bridgehead atoms. The zero-order valence-electron chi connectivity index (χ0n) is 18.2. The number of carbonyl (C=O) groups excluding carboxylic acids is 4. The summed E-state index contributed by atoms with van der Waals surface area (Å²) in [6.45, 7) is 5.12. The van der Waals surface area contributed by atoms with Crippen LogP contribution in [0.3, 0.4) is 0 Å². The SMILES string of the molecule is CC(=O)N[C@@H]1[C@@H](OC(C)=O)[C@H](OC(C)=O)[C@@H](COC(C)=O)O[C@H]1S[C@H]1C=C[C@@H]2OC[C@H]1O2. The zero-order valence-corrected chi connectivity index (χ0v) is 19.0. The number of carbonyl (C=O) groups is 4. The molecule has 8 atom stereocenters. The van der Waals surface area contributed by atoms with Crippen LogP contribution in [0.2, 0.25) is 0 Å². The van der Waals surface area contributed by atoms with Gasteiger partial charge in [0.05, 0.1) is 18.0 Å². The first-order valence-electron chi connectivity index (χ1n) is 10.1. The topological polar surface area (TPSA) is 136 Å². The van der Waals surface area contributed by atoms with Crippen LogP contribution in [-0.4, -0.2) is 84.5 Å². The molecule has 0 aromatic heterocycles. The van der Waals surface area contributed by atoms with Crippen LogP contribution >= 0.6 is 11.8 Å². The van der Waals surface area contributed by atoms with Crippen LogP contribution < -0.4 is 5.32 Å². The summed E-state index contributed by atoms with van der Waals surface area (Å²) in [5.41, 5.74) is -0.744.